The molecule has 0 radical (unpaired) electrons. The maximum absolute atomic E-state index is 11.8. The van der Waals surface area contributed by atoms with E-state index in [2.05, 4.69) is 4.90 Å². The summed E-state index contributed by atoms with van der Waals surface area (Å²) in [5.41, 5.74) is 8.00. The standard InChI is InChI=1S/C26H34Cl2N2O4/c1-18-12-23(27)26(24(28)13-18)34-11-10-33-22-7-5-20(6-8-22)25(21(14-29)16-31)30-9-3-4-19(15-30)17-32-2/h5-8,12-13,16,19,21,25H,3-4,9-11,14-15,17,29H2,1-2H3. The Hall–Kier alpha value is -1.83. The van der Waals surface area contributed by atoms with Crippen molar-refractivity contribution in [1.82, 2.24) is 4.90 Å². The highest BCUT2D eigenvalue weighted by molar-refractivity contribution is 6.37. The van der Waals surface area contributed by atoms with E-state index in [0.717, 1.165) is 55.7 Å². The lowest BCUT2D eigenvalue weighted by Crippen LogP contribution is -2.44. The van der Waals surface area contributed by atoms with Crippen LogP contribution in [0, 0.1) is 18.8 Å². The Morgan fingerprint density at radius 2 is 1.82 bits per heavy atom. The molecule has 0 aliphatic carbocycles. The van der Waals surface area contributed by atoms with Crippen LogP contribution in [0.5, 0.6) is 11.5 Å². The van der Waals surface area contributed by atoms with Gasteiger partial charge in [0.05, 0.1) is 16.7 Å². The maximum atomic E-state index is 11.8. The summed E-state index contributed by atoms with van der Waals surface area (Å²) in [6.07, 6.45) is 3.20. The molecular formula is C26H34Cl2N2O4. The number of hydrogen-bond acceptors (Lipinski definition) is 6. The highest BCUT2D eigenvalue weighted by Crippen LogP contribution is 2.34. The van der Waals surface area contributed by atoms with Gasteiger partial charge < -0.3 is 24.7 Å². The molecule has 0 aromatic heterocycles. The molecule has 6 nitrogen and oxygen atoms in total. The lowest BCUT2D eigenvalue weighted by molar-refractivity contribution is -0.113. The van der Waals surface area contributed by atoms with Crippen molar-refractivity contribution in [1.29, 1.82) is 0 Å². The van der Waals surface area contributed by atoms with Crippen molar-refractivity contribution in [2.45, 2.75) is 25.8 Å². The first kappa shape index (κ1) is 26.8. The molecule has 1 fully saturated rings. The fraction of sp³-hybridized carbons (Fsp3) is 0.500. The first-order valence-corrected chi connectivity index (χ1v) is 12.4. The van der Waals surface area contributed by atoms with Gasteiger partial charge in [0.25, 0.3) is 0 Å². The summed E-state index contributed by atoms with van der Waals surface area (Å²) in [5, 5.41) is 0.964. The van der Waals surface area contributed by atoms with Crippen LogP contribution in [0.2, 0.25) is 10.0 Å². The molecule has 186 valence electrons. The van der Waals surface area contributed by atoms with Gasteiger partial charge in [-0.3, -0.25) is 4.90 Å². The van der Waals surface area contributed by atoms with E-state index >= 15 is 0 Å². The van der Waals surface area contributed by atoms with E-state index in [1.165, 1.54) is 0 Å². The van der Waals surface area contributed by atoms with Crippen molar-refractivity contribution in [3.05, 3.63) is 57.6 Å². The molecular weight excluding hydrogens is 475 g/mol. The van der Waals surface area contributed by atoms with Crippen molar-refractivity contribution < 1.29 is 19.0 Å². The quantitative estimate of drug-likeness (QED) is 0.323. The van der Waals surface area contributed by atoms with E-state index in [1.54, 1.807) is 7.11 Å². The minimum absolute atomic E-state index is 0.0645. The van der Waals surface area contributed by atoms with Gasteiger partial charge in [-0.15, -0.1) is 0 Å². The highest BCUT2D eigenvalue weighted by Gasteiger charge is 2.32. The predicted molar refractivity (Wildman–Crippen MR) is 136 cm³/mol. The molecule has 1 aliphatic rings. The average molecular weight is 509 g/mol. The van der Waals surface area contributed by atoms with Crippen molar-refractivity contribution >= 4 is 29.5 Å². The number of aryl methyl sites for hydroxylation is 1. The number of rotatable bonds is 12. The summed E-state index contributed by atoms with van der Waals surface area (Å²) in [6.45, 7) is 5.44. The topological polar surface area (TPSA) is 74.0 Å². The smallest absolute Gasteiger partial charge is 0.156 e. The van der Waals surface area contributed by atoms with Gasteiger partial charge >= 0.3 is 0 Å². The zero-order valence-electron chi connectivity index (χ0n) is 19.8. The molecule has 0 amide bonds. The van der Waals surface area contributed by atoms with E-state index in [9.17, 15) is 4.79 Å². The number of nitrogens with two attached hydrogens (primary N) is 1. The lowest BCUT2D eigenvalue weighted by atomic mass is 9.88. The van der Waals surface area contributed by atoms with E-state index in [1.807, 2.05) is 43.3 Å². The number of carbonyl (C=O) groups is 1. The lowest BCUT2D eigenvalue weighted by Gasteiger charge is -2.40. The molecule has 1 heterocycles. The van der Waals surface area contributed by atoms with E-state index < -0.39 is 0 Å². The second kappa shape index (κ2) is 13.3. The summed E-state index contributed by atoms with van der Waals surface area (Å²) < 4.78 is 16.9. The minimum Gasteiger partial charge on any atom is -0.490 e. The molecule has 0 saturated carbocycles. The van der Waals surface area contributed by atoms with Crippen LogP contribution < -0.4 is 15.2 Å². The number of hydrogen-bond donors (Lipinski definition) is 1. The van der Waals surface area contributed by atoms with E-state index in [4.69, 9.17) is 43.1 Å². The zero-order chi connectivity index (χ0) is 24.5. The third-order valence-electron chi connectivity index (χ3n) is 6.16. The Morgan fingerprint density at radius 3 is 2.44 bits per heavy atom. The van der Waals surface area contributed by atoms with Gasteiger partial charge in [0, 0.05) is 32.2 Å². The largest absolute Gasteiger partial charge is 0.490 e. The fourth-order valence-electron chi connectivity index (χ4n) is 4.60. The van der Waals surface area contributed by atoms with Crippen LogP contribution in [-0.4, -0.2) is 57.8 Å². The van der Waals surface area contributed by atoms with Gasteiger partial charge in [0.2, 0.25) is 0 Å². The molecule has 3 atom stereocenters. The van der Waals surface area contributed by atoms with Crippen LogP contribution in [-0.2, 0) is 9.53 Å². The van der Waals surface area contributed by atoms with Crippen LogP contribution in [0.3, 0.4) is 0 Å². The molecule has 34 heavy (non-hydrogen) atoms. The number of benzene rings is 2. The summed E-state index contributed by atoms with van der Waals surface area (Å²) >= 11 is 12.4. The second-order valence-corrected chi connectivity index (χ2v) is 9.58. The van der Waals surface area contributed by atoms with Crippen molar-refractivity contribution in [2.24, 2.45) is 17.6 Å². The number of likely N-dealkylation sites (tertiary alicyclic amines) is 1. The first-order valence-electron chi connectivity index (χ1n) is 11.7. The van der Waals surface area contributed by atoms with Gasteiger partial charge in [-0.2, -0.15) is 0 Å². The number of nitrogens with zero attached hydrogens (tertiary/aromatic N) is 1. The number of ether oxygens (including phenoxy) is 3. The fourth-order valence-corrected chi connectivity index (χ4v) is 5.30. The third-order valence-corrected chi connectivity index (χ3v) is 6.72. The number of carbonyl (C=O) groups excluding carboxylic acids is 1. The second-order valence-electron chi connectivity index (χ2n) is 8.76. The molecule has 3 unspecified atom stereocenters. The van der Waals surface area contributed by atoms with Gasteiger partial charge in [-0.1, -0.05) is 35.3 Å². The monoisotopic (exact) mass is 508 g/mol. The minimum atomic E-state index is -0.273. The Bertz CT molecular complexity index is 901. The maximum Gasteiger partial charge on any atom is 0.156 e. The van der Waals surface area contributed by atoms with Crippen LogP contribution >= 0.6 is 23.2 Å². The van der Waals surface area contributed by atoms with Crippen LogP contribution in [0.25, 0.3) is 0 Å². The summed E-state index contributed by atoms with van der Waals surface area (Å²) in [5.74, 6) is 1.37. The molecule has 0 spiro atoms. The molecule has 1 saturated heterocycles. The molecule has 2 aromatic rings. The molecule has 3 rings (SSSR count). The molecule has 1 aliphatic heterocycles. The van der Waals surface area contributed by atoms with Crippen LogP contribution in [0.1, 0.15) is 30.0 Å². The molecule has 0 bridgehead atoms. The average Bonchev–Trinajstić information content (AvgIpc) is 2.82. The normalized spacial score (nSPS) is 18.3. The Kier molecular flexibility index (Phi) is 10.5. The van der Waals surface area contributed by atoms with Crippen LogP contribution in [0.15, 0.2) is 36.4 Å². The molecule has 2 N–H and O–H groups in total. The zero-order valence-corrected chi connectivity index (χ0v) is 21.4. The van der Waals surface area contributed by atoms with Crippen molar-refractivity contribution in [2.75, 3.05) is 46.6 Å². The van der Waals surface area contributed by atoms with Gasteiger partial charge in [-0.05, 0) is 67.6 Å². The van der Waals surface area contributed by atoms with Gasteiger partial charge in [0.1, 0.15) is 25.2 Å². The SMILES string of the molecule is COCC1CCCN(C(c2ccc(OCCOc3c(Cl)cc(C)cc3Cl)cc2)C(C=O)CN)C1. The third kappa shape index (κ3) is 7.09. The Labute approximate surface area is 212 Å². The number of piperidine rings is 1. The molecule has 2 aromatic carbocycles. The van der Waals surface area contributed by atoms with E-state index in [-0.39, 0.29) is 12.0 Å². The number of aldehydes is 1. The van der Waals surface area contributed by atoms with Crippen molar-refractivity contribution in [3.8, 4) is 11.5 Å². The summed E-state index contributed by atoms with van der Waals surface area (Å²) in [7, 11) is 1.73. The predicted octanol–water partition coefficient (Wildman–Crippen LogP) is 4.93. The highest BCUT2D eigenvalue weighted by atomic mass is 35.5. The van der Waals surface area contributed by atoms with Crippen LogP contribution in [0.4, 0.5) is 0 Å². The Morgan fingerprint density at radius 1 is 1.15 bits per heavy atom. The van der Waals surface area contributed by atoms with E-state index in [0.29, 0.717) is 41.5 Å². The Balaban J connectivity index is 1.61. The van der Waals surface area contributed by atoms with Gasteiger partial charge in [0.15, 0.2) is 5.75 Å². The molecule has 8 heteroatoms. The summed E-state index contributed by atoms with van der Waals surface area (Å²) in [4.78, 5) is 14.2. The van der Waals surface area contributed by atoms with Gasteiger partial charge in [-0.25, -0.2) is 0 Å². The number of halogens is 2. The summed E-state index contributed by atoms with van der Waals surface area (Å²) in [6, 6.07) is 11.4. The van der Waals surface area contributed by atoms with Crippen molar-refractivity contribution in [3.63, 3.8) is 0 Å². The first-order chi connectivity index (χ1) is 16.5. The number of methoxy groups -OCH3 is 1.